The lowest BCUT2D eigenvalue weighted by Crippen LogP contribution is -2.32. The van der Waals surface area contributed by atoms with Crippen LogP contribution in [0.1, 0.15) is 26.7 Å². The molecule has 2 rings (SSSR count). The van der Waals surface area contributed by atoms with E-state index < -0.39 is 0 Å². The monoisotopic (exact) mass is 326 g/mol. The van der Waals surface area contributed by atoms with Crippen molar-refractivity contribution in [3.8, 4) is 0 Å². The van der Waals surface area contributed by atoms with Gasteiger partial charge in [-0.05, 0) is 46.3 Å². The van der Waals surface area contributed by atoms with Gasteiger partial charge in [-0.15, -0.1) is 0 Å². The molecule has 1 aliphatic rings. The van der Waals surface area contributed by atoms with Gasteiger partial charge in [0, 0.05) is 16.8 Å². The first-order valence-corrected chi connectivity index (χ1v) is 8.16. The minimum Gasteiger partial charge on any atom is -0.334 e. The standard InChI is InChI=1S/C14H19BrN2S/c1-3-14(4-2)9-16-13(18-10-14)17-12-8-6-5-7-11(12)15/h5-8H,3-4,9-10H2,1-2H3,(H,16,17). The minimum absolute atomic E-state index is 0.407. The van der Waals surface area contributed by atoms with Crippen molar-refractivity contribution in [1.29, 1.82) is 0 Å². The molecule has 2 nitrogen and oxygen atoms in total. The number of hydrogen-bond acceptors (Lipinski definition) is 3. The molecule has 0 saturated heterocycles. The quantitative estimate of drug-likeness (QED) is 0.865. The Morgan fingerprint density at radius 2 is 2.06 bits per heavy atom. The molecule has 98 valence electrons. The first-order valence-electron chi connectivity index (χ1n) is 6.38. The lowest BCUT2D eigenvalue weighted by atomic mass is 9.84. The number of hydrogen-bond donors (Lipinski definition) is 1. The van der Waals surface area contributed by atoms with Gasteiger partial charge in [-0.3, -0.25) is 4.99 Å². The molecule has 4 heteroatoms. The van der Waals surface area contributed by atoms with Crippen LogP contribution in [0.3, 0.4) is 0 Å². The maximum Gasteiger partial charge on any atom is 0.161 e. The fourth-order valence-corrected chi connectivity index (χ4v) is 3.65. The summed E-state index contributed by atoms with van der Waals surface area (Å²) in [6, 6.07) is 8.15. The molecule has 1 heterocycles. The Bertz CT molecular complexity index is 441. The van der Waals surface area contributed by atoms with Gasteiger partial charge in [-0.2, -0.15) is 0 Å². The summed E-state index contributed by atoms with van der Waals surface area (Å²) in [4.78, 5) is 4.71. The number of anilines is 1. The van der Waals surface area contributed by atoms with Crippen molar-refractivity contribution < 1.29 is 0 Å². The summed E-state index contributed by atoms with van der Waals surface area (Å²) < 4.78 is 1.08. The first-order chi connectivity index (χ1) is 8.69. The normalized spacial score (nSPS) is 18.3. The molecular weight excluding hydrogens is 308 g/mol. The number of halogens is 1. The topological polar surface area (TPSA) is 24.4 Å². The molecule has 0 aliphatic carbocycles. The zero-order chi connectivity index (χ0) is 13.0. The molecule has 0 fully saturated rings. The molecule has 0 amide bonds. The maximum atomic E-state index is 4.71. The molecule has 0 bridgehead atoms. The van der Waals surface area contributed by atoms with Gasteiger partial charge >= 0.3 is 0 Å². The van der Waals surface area contributed by atoms with Crippen LogP contribution in [-0.2, 0) is 0 Å². The second kappa shape index (κ2) is 6.11. The molecule has 1 N–H and O–H groups in total. The molecule has 0 saturated carbocycles. The summed E-state index contributed by atoms with van der Waals surface area (Å²) in [5.41, 5.74) is 1.49. The average Bonchev–Trinajstić information content (AvgIpc) is 2.43. The van der Waals surface area contributed by atoms with E-state index in [2.05, 4.69) is 41.2 Å². The fraction of sp³-hybridized carbons (Fsp3) is 0.500. The van der Waals surface area contributed by atoms with E-state index in [0.29, 0.717) is 5.41 Å². The van der Waals surface area contributed by atoms with Crippen molar-refractivity contribution in [3.63, 3.8) is 0 Å². The minimum atomic E-state index is 0.407. The summed E-state index contributed by atoms with van der Waals surface area (Å²) in [6.07, 6.45) is 2.42. The highest BCUT2D eigenvalue weighted by atomic mass is 79.9. The zero-order valence-electron chi connectivity index (χ0n) is 10.9. The van der Waals surface area contributed by atoms with Gasteiger partial charge in [0.2, 0.25) is 0 Å². The van der Waals surface area contributed by atoms with Gasteiger partial charge in [0.15, 0.2) is 5.17 Å². The lowest BCUT2D eigenvalue weighted by molar-refractivity contribution is 0.318. The predicted molar refractivity (Wildman–Crippen MR) is 85.5 cm³/mol. The van der Waals surface area contributed by atoms with Crippen LogP contribution in [0.5, 0.6) is 0 Å². The molecule has 18 heavy (non-hydrogen) atoms. The second-order valence-electron chi connectivity index (χ2n) is 4.72. The number of para-hydroxylation sites is 1. The Hall–Kier alpha value is -0.480. The van der Waals surface area contributed by atoms with E-state index in [1.807, 2.05) is 30.0 Å². The average molecular weight is 327 g/mol. The molecule has 0 spiro atoms. The molecule has 0 radical (unpaired) electrons. The third kappa shape index (κ3) is 3.09. The molecule has 1 aromatic rings. The Morgan fingerprint density at radius 3 is 2.61 bits per heavy atom. The Balaban J connectivity index is 2.05. The summed E-state index contributed by atoms with van der Waals surface area (Å²) in [6.45, 7) is 5.48. The van der Waals surface area contributed by atoms with Crippen molar-refractivity contribution >= 4 is 38.5 Å². The van der Waals surface area contributed by atoms with Crippen LogP contribution in [-0.4, -0.2) is 17.5 Å². The summed E-state index contributed by atoms with van der Waals surface area (Å²) in [7, 11) is 0. The lowest BCUT2D eigenvalue weighted by Gasteiger charge is -2.33. The zero-order valence-corrected chi connectivity index (χ0v) is 13.3. The highest BCUT2D eigenvalue weighted by Gasteiger charge is 2.30. The fourth-order valence-electron chi connectivity index (χ4n) is 1.98. The molecule has 1 aliphatic heterocycles. The number of thioether (sulfide) groups is 1. The molecule has 0 unspecified atom stereocenters. The highest BCUT2D eigenvalue weighted by Crippen LogP contribution is 2.35. The van der Waals surface area contributed by atoms with Crippen molar-refractivity contribution in [2.24, 2.45) is 10.4 Å². The van der Waals surface area contributed by atoms with Crippen LogP contribution in [0.4, 0.5) is 5.69 Å². The van der Waals surface area contributed by atoms with Crippen LogP contribution in [0.2, 0.25) is 0 Å². The number of benzene rings is 1. The van der Waals surface area contributed by atoms with Crippen molar-refractivity contribution in [2.45, 2.75) is 26.7 Å². The number of aliphatic imine (C=N–C) groups is 1. The van der Waals surface area contributed by atoms with Gasteiger partial charge < -0.3 is 5.32 Å². The van der Waals surface area contributed by atoms with Crippen LogP contribution in [0, 0.1) is 5.41 Å². The number of nitrogens with zero attached hydrogens (tertiary/aromatic N) is 1. The SMILES string of the molecule is CCC1(CC)CN=C(Nc2ccccc2Br)SC1. The van der Waals surface area contributed by atoms with E-state index in [1.54, 1.807) is 0 Å². The third-order valence-electron chi connectivity index (χ3n) is 3.69. The molecular formula is C14H19BrN2S. The third-order valence-corrected chi connectivity index (χ3v) is 5.64. The van der Waals surface area contributed by atoms with E-state index >= 15 is 0 Å². The smallest absolute Gasteiger partial charge is 0.161 e. The second-order valence-corrected chi connectivity index (χ2v) is 6.54. The van der Waals surface area contributed by atoms with Crippen molar-refractivity contribution in [2.75, 3.05) is 17.6 Å². The van der Waals surface area contributed by atoms with Crippen LogP contribution in [0.25, 0.3) is 0 Å². The van der Waals surface area contributed by atoms with Crippen molar-refractivity contribution in [3.05, 3.63) is 28.7 Å². The Labute approximate surface area is 122 Å². The summed E-state index contributed by atoms with van der Waals surface area (Å²) >= 11 is 5.39. The Morgan fingerprint density at radius 1 is 1.33 bits per heavy atom. The maximum absolute atomic E-state index is 4.71. The van der Waals surface area contributed by atoms with Crippen molar-refractivity contribution in [1.82, 2.24) is 0 Å². The molecule has 0 aromatic heterocycles. The van der Waals surface area contributed by atoms with E-state index in [4.69, 9.17) is 4.99 Å². The summed E-state index contributed by atoms with van der Waals surface area (Å²) in [5, 5.41) is 4.44. The van der Waals surface area contributed by atoms with Gasteiger partial charge in [0.1, 0.15) is 0 Å². The van der Waals surface area contributed by atoms with E-state index in [-0.39, 0.29) is 0 Å². The van der Waals surface area contributed by atoms with Gasteiger partial charge in [-0.25, -0.2) is 0 Å². The van der Waals surface area contributed by atoms with Crippen LogP contribution < -0.4 is 5.32 Å². The van der Waals surface area contributed by atoms with Crippen LogP contribution >= 0.6 is 27.7 Å². The Kier molecular flexibility index (Phi) is 4.73. The van der Waals surface area contributed by atoms with Gasteiger partial charge in [0.05, 0.1) is 5.69 Å². The highest BCUT2D eigenvalue weighted by molar-refractivity contribution is 9.10. The van der Waals surface area contributed by atoms with Crippen LogP contribution in [0.15, 0.2) is 33.7 Å². The largest absolute Gasteiger partial charge is 0.334 e. The van der Waals surface area contributed by atoms with E-state index in [0.717, 1.165) is 27.6 Å². The molecule has 0 atom stereocenters. The van der Waals surface area contributed by atoms with Gasteiger partial charge in [-0.1, -0.05) is 37.7 Å². The molecule has 1 aromatic carbocycles. The van der Waals surface area contributed by atoms with E-state index in [1.165, 1.54) is 12.8 Å². The number of rotatable bonds is 3. The number of nitrogens with one attached hydrogen (secondary N) is 1. The van der Waals surface area contributed by atoms with Gasteiger partial charge in [0.25, 0.3) is 0 Å². The predicted octanol–water partition coefficient (Wildman–Crippen LogP) is 4.77. The first kappa shape index (κ1) is 13.9. The van der Waals surface area contributed by atoms with E-state index in [9.17, 15) is 0 Å². The number of amidine groups is 1. The summed E-state index contributed by atoms with van der Waals surface area (Å²) in [5.74, 6) is 1.16.